The van der Waals surface area contributed by atoms with Crippen molar-refractivity contribution in [3.05, 3.63) is 82.5 Å². The lowest BCUT2D eigenvalue weighted by Crippen LogP contribution is -2.48. The molecule has 4 rings (SSSR count). The number of pyridine rings is 1. The second-order valence-corrected chi connectivity index (χ2v) is 8.44. The number of rotatable bonds is 8. The highest BCUT2D eigenvalue weighted by Crippen LogP contribution is 2.19. The molecule has 2 aromatic heterocycles. The molecule has 2 N–H and O–H groups in total. The molecule has 1 aliphatic rings. The first-order valence-electron chi connectivity index (χ1n) is 11.6. The summed E-state index contributed by atoms with van der Waals surface area (Å²) in [6, 6.07) is 13.5. The van der Waals surface area contributed by atoms with Crippen LogP contribution >= 0.6 is 0 Å². The largest absolute Gasteiger partial charge is 0.480 e. The predicted octanol–water partition coefficient (Wildman–Crippen LogP) is 1.65. The van der Waals surface area contributed by atoms with E-state index in [1.165, 1.54) is 4.57 Å². The van der Waals surface area contributed by atoms with Crippen LogP contribution in [0.25, 0.3) is 0 Å². The number of hydrogen-bond donors (Lipinski definition) is 2. The fourth-order valence-electron chi connectivity index (χ4n) is 4.02. The van der Waals surface area contributed by atoms with Crippen molar-refractivity contribution >= 4 is 23.7 Å². The topological polar surface area (TPSA) is 130 Å². The second kappa shape index (κ2) is 11.3. The molecule has 0 saturated carbocycles. The summed E-state index contributed by atoms with van der Waals surface area (Å²) in [5.74, 6) is 0.191. The molecule has 0 unspecified atom stereocenters. The molecule has 11 heteroatoms. The lowest BCUT2D eigenvalue weighted by Gasteiger charge is -2.36. The maximum absolute atomic E-state index is 12.7. The van der Waals surface area contributed by atoms with Crippen molar-refractivity contribution in [2.75, 3.05) is 36.0 Å². The van der Waals surface area contributed by atoms with Gasteiger partial charge in [-0.05, 0) is 24.6 Å². The number of carbonyl (C=O) groups excluding carboxylic acids is 1. The fraction of sp³-hybridized carbons (Fsp3) is 0.320. The maximum atomic E-state index is 12.7. The van der Waals surface area contributed by atoms with Crippen LogP contribution in [0.3, 0.4) is 0 Å². The third kappa shape index (κ3) is 6.17. The number of aliphatic carboxylic acids is 1. The van der Waals surface area contributed by atoms with Crippen LogP contribution in [-0.4, -0.2) is 63.9 Å². The quantitative estimate of drug-likeness (QED) is 0.482. The van der Waals surface area contributed by atoms with Gasteiger partial charge in [-0.15, -0.1) is 0 Å². The second-order valence-electron chi connectivity index (χ2n) is 8.44. The van der Waals surface area contributed by atoms with Crippen molar-refractivity contribution < 1.29 is 19.4 Å². The number of amides is 1. The number of carboxylic acid groups (broad SMARTS) is 1. The van der Waals surface area contributed by atoms with Gasteiger partial charge in [-0.25, -0.2) is 19.4 Å². The van der Waals surface area contributed by atoms with E-state index in [1.54, 1.807) is 24.5 Å². The third-order valence-corrected chi connectivity index (χ3v) is 5.88. The summed E-state index contributed by atoms with van der Waals surface area (Å²) >= 11 is 0. The zero-order valence-corrected chi connectivity index (χ0v) is 19.9. The van der Waals surface area contributed by atoms with E-state index in [0.29, 0.717) is 18.9 Å². The van der Waals surface area contributed by atoms with Gasteiger partial charge in [0.05, 0.1) is 6.54 Å². The summed E-state index contributed by atoms with van der Waals surface area (Å²) in [7, 11) is 0. The zero-order chi connectivity index (χ0) is 25.5. The Morgan fingerprint density at radius 3 is 2.42 bits per heavy atom. The van der Waals surface area contributed by atoms with Crippen LogP contribution in [0.4, 0.5) is 16.4 Å². The molecule has 0 spiro atoms. The van der Waals surface area contributed by atoms with E-state index in [1.807, 2.05) is 48.2 Å². The Hall–Kier alpha value is -4.41. The van der Waals surface area contributed by atoms with Gasteiger partial charge in [0.15, 0.2) is 0 Å². The van der Waals surface area contributed by atoms with Gasteiger partial charge >= 0.3 is 17.8 Å². The number of hydrogen-bond acceptors (Lipinski definition) is 8. The number of piperazine rings is 1. The highest BCUT2D eigenvalue weighted by molar-refractivity contribution is 5.79. The van der Waals surface area contributed by atoms with Crippen LogP contribution in [0.1, 0.15) is 11.1 Å². The van der Waals surface area contributed by atoms with Gasteiger partial charge in [0, 0.05) is 44.1 Å². The molecular formula is C25H28N6O5. The molecule has 0 bridgehead atoms. The Kier molecular flexibility index (Phi) is 7.79. The van der Waals surface area contributed by atoms with Crippen molar-refractivity contribution in [3.8, 4) is 0 Å². The van der Waals surface area contributed by atoms with Crippen molar-refractivity contribution in [1.29, 1.82) is 0 Å². The average Bonchev–Trinajstić information content (AvgIpc) is 2.90. The zero-order valence-electron chi connectivity index (χ0n) is 19.9. The Labute approximate surface area is 208 Å². The standard InChI is InChI=1S/C25H28N6O5/c1-18-15-31(16-20(23(32)33)27-25(35)36-17-19-7-3-2-4-8-19)24(34)28-22(18)30-13-11-29(12-14-30)21-9-5-6-10-26-21/h2-10,15,20H,11-14,16-17H2,1H3,(H,27,35)(H,32,33)/t20-/m0/s1. The number of aromatic nitrogens is 3. The molecule has 3 aromatic rings. The molecule has 3 heterocycles. The average molecular weight is 493 g/mol. The summed E-state index contributed by atoms with van der Waals surface area (Å²) in [6.45, 7) is 4.34. The normalized spacial score (nSPS) is 14.2. The van der Waals surface area contributed by atoms with E-state index < -0.39 is 23.8 Å². The molecule has 1 saturated heterocycles. The molecule has 1 atom stereocenters. The number of alkyl carbamates (subject to hydrolysis) is 1. The number of nitrogens with one attached hydrogen (secondary N) is 1. The molecule has 188 valence electrons. The molecule has 0 aliphatic carbocycles. The number of nitrogens with zero attached hydrogens (tertiary/aromatic N) is 5. The minimum atomic E-state index is -1.36. The van der Waals surface area contributed by atoms with Gasteiger partial charge < -0.3 is 25.0 Å². The highest BCUT2D eigenvalue weighted by atomic mass is 16.5. The van der Waals surface area contributed by atoms with Gasteiger partial charge in [0.2, 0.25) is 0 Å². The van der Waals surface area contributed by atoms with E-state index in [9.17, 15) is 19.5 Å². The summed E-state index contributed by atoms with van der Waals surface area (Å²) < 4.78 is 6.30. The predicted molar refractivity (Wildman–Crippen MR) is 133 cm³/mol. The van der Waals surface area contributed by atoms with E-state index in [0.717, 1.165) is 30.0 Å². The molecule has 11 nitrogen and oxygen atoms in total. The van der Waals surface area contributed by atoms with Gasteiger partial charge in [0.25, 0.3) is 0 Å². The number of ether oxygens (including phenoxy) is 1. The Balaban J connectivity index is 1.38. The highest BCUT2D eigenvalue weighted by Gasteiger charge is 2.24. The number of carboxylic acids is 1. The van der Waals surface area contributed by atoms with Crippen LogP contribution in [0.5, 0.6) is 0 Å². The van der Waals surface area contributed by atoms with Gasteiger partial charge in [0.1, 0.15) is 24.3 Å². The minimum Gasteiger partial charge on any atom is -0.480 e. The van der Waals surface area contributed by atoms with Crippen LogP contribution in [0.15, 0.2) is 65.7 Å². The molecule has 1 amide bonds. The molecule has 1 aliphatic heterocycles. The number of carbonyl (C=O) groups is 2. The summed E-state index contributed by atoms with van der Waals surface area (Å²) in [5, 5.41) is 11.9. The molecule has 0 radical (unpaired) electrons. The van der Waals surface area contributed by atoms with Crippen LogP contribution in [-0.2, 0) is 22.7 Å². The third-order valence-electron chi connectivity index (χ3n) is 5.88. The Bertz CT molecular complexity index is 1240. The van der Waals surface area contributed by atoms with Gasteiger partial charge in [-0.3, -0.25) is 4.57 Å². The Morgan fingerprint density at radius 2 is 1.75 bits per heavy atom. The molecule has 36 heavy (non-hydrogen) atoms. The smallest absolute Gasteiger partial charge is 0.408 e. The summed E-state index contributed by atoms with van der Waals surface area (Å²) in [4.78, 5) is 49.5. The first-order valence-corrected chi connectivity index (χ1v) is 11.6. The van der Waals surface area contributed by atoms with Crippen LogP contribution in [0.2, 0.25) is 0 Å². The van der Waals surface area contributed by atoms with E-state index >= 15 is 0 Å². The van der Waals surface area contributed by atoms with E-state index in [2.05, 4.69) is 20.2 Å². The van der Waals surface area contributed by atoms with Crippen LogP contribution in [0, 0.1) is 6.92 Å². The maximum Gasteiger partial charge on any atom is 0.408 e. The minimum absolute atomic E-state index is 0.00190. The first kappa shape index (κ1) is 24.7. The van der Waals surface area contributed by atoms with Crippen LogP contribution < -0.4 is 20.8 Å². The monoisotopic (exact) mass is 492 g/mol. The van der Waals surface area contributed by atoms with Crippen molar-refractivity contribution in [1.82, 2.24) is 19.9 Å². The molecule has 1 fully saturated rings. The first-order chi connectivity index (χ1) is 17.4. The summed E-state index contributed by atoms with van der Waals surface area (Å²) in [5.41, 5.74) is 0.914. The lowest BCUT2D eigenvalue weighted by atomic mass is 10.2. The van der Waals surface area contributed by atoms with E-state index in [4.69, 9.17) is 4.74 Å². The fourth-order valence-corrected chi connectivity index (χ4v) is 4.02. The SMILES string of the molecule is Cc1cn(C[C@H](NC(=O)OCc2ccccc2)C(=O)O)c(=O)nc1N1CCN(c2ccccn2)CC1. The van der Waals surface area contributed by atoms with Crippen molar-refractivity contribution in [2.45, 2.75) is 26.1 Å². The van der Waals surface area contributed by atoms with Gasteiger partial charge in [-0.2, -0.15) is 4.98 Å². The molecular weight excluding hydrogens is 464 g/mol. The van der Waals surface area contributed by atoms with E-state index in [-0.39, 0.29) is 13.2 Å². The van der Waals surface area contributed by atoms with Gasteiger partial charge in [-0.1, -0.05) is 36.4 Å². The summed E-state index contributed by atoms with van der Waals surface area (Å²) in [6.07, 6.45) is 2.45. The molecule has 1 aromatic carbocycles. The van der Waals surface area contributed by atoms with Crippen molar-refractivity contribution in [2.24, 2.45) is 0 Å². The Morgan fingerprint density at radius 1 is 1.06 bits per heavy atom. The number of aryl methyl sites for hydroxylation is 1. The number of benzene rings is 1. The lowest BCUT2D eigenvalue weighted by molar-refractivity contribution is -0.139. The van der Waals surface area contributed by atoms with Crippen molar-refractivity contribution in [3.63, 3.8) is 0 Å². The number of anilines is 2.